The highest BCUT2D eigenvalue weighted by Crippen LogP contribution is 2.27. The summed E-state index contributed by atoms with van der Waals surface area (Å²) >= 11 is 1.61. The van der Waals surface area contributed by atoms with Gasteiger partial charge in [0.1, 0.15) is 6.61 Å². The SMILES string of the molecule is CN(Cc1cc(C#CCO)cs1)C(=O)CC1CCCCC1. The summed E-state index contributed by atoms with van der Waals surface area (Å²) in [5.74, 6) is 6.36. The fourth-order valence-corrected chi connectivity index (χ4v) is 3.66. The number of rotatable bonds is 4. The van der Waals surface area contributed by atoms with Crippen molar-refractivity contribution in [2.24, 2.45) is 5.92 Å². The van der Waals surface area contributed by atoms with Gasteiger partial charge in [-0.1, -0.05) is 31.1 Å². The third kappa shape index (κ3) is 5.18. The van der Waals surface area contributed by atoms with Gasteiger partial charge in [0.25, 0.3) is 0 Å². The second-order valence-electron chi connectivity index (χ2n) is 5.72. The molecule has 0 bridgehead atoms. The van der Waals surface area contributed by atoms with E-state index in [0.29, 0.717) is 18.9 Å². The topological polar surface area (TPSA) is 40.5 Å². The highest BCUT2D eigenvalue weighted by Gasteiger charge is 2.19. The molecule has 1 fully saturated rings. The molecule has 1 amide bonds. The predicted molar refractivity (Wildman–Crippen MR) is 85.9 cm³/mol. The molecule has 1 heterocycles. The molecule has 4 heteroatoms. The maximum Gasteiger partial charge on any atom is 0.222 e. The molecule has 0 saturated heterocycles. The van der Waals surface area contributed by atoms with Crippen LogP contribution in [0.2, 0.25) is 0 Å². The quantitative estimate of drug-likeness (QED) is 0.869. The Balaban J connectivity index is 1.83. The van der Waals surface area contributed by atoms with E-state index in [1.807, 2.05) is 23.4 Å². The van der Waals surface area contributed by atoms with E-state index in [-0.39, 0.29) is 12.5 Å². The Morgan fingerprint density at radius 1 is 1.43 bits per heavy atom. The van der Waals surface area contributed by atoms with Crippen LogP contribution in [0, 0.1) is 17.8 Å². The molecule has 0 radical (unpaired) electrons. The molecule has 0 aromatic carbocycles. The minimum atomic E-state index is -0.120. The fraction of sp³-hybridized carbons (Fsp3) is 0.588. The average Bonchev–Trinajstić information content (AvgIpc) is 2.93. The van der Waals surface area contributed by atoms with Crippen LogP contribution in [-0.2, 0) is 11.3 Å². The first-order chi connectivity index (χ1) is 10.2. The van der Waals surface area contributed by atoms with Crippen LogP contribution in [0.1, 0.15) is 49.0 Å². The number of hydrogen-bond donors (Lipinski definition) is 1. The van der Waals surface area contributed by atoms with Gasteiger partial charge in [-0.2, -0.15) is 0 Å². The first-order valence-corrected chi connectivity index (χ1v) is 8.48. The number of nitrogens with zero attached hydrogens (tertiary/aromatic N) is 1. The van der Waals surface area contributed by atoms with Crippen molar-refractivity contribution in [1.82, 2.24) is 4.90 Å². The number of thiophene rings is 1. The van der Waals surface area contributed by atoms with Crippen LogP contribution >= 0.6 is 11.3 Å². The largest absolute Gasteiger partial charge is 0.384 e. The van der Waals surface area contributed by atoms with Crippen molar-refractivity contribution in [2.45, 2.75) is 45.1 Å². The number of amides is 1. The van der Waals surface area contributed by atoms with E-state index in [1.165, 1.54) is 32.1 Å². The summed E-state index contributed by atoms with van der Waals surface area (Å²) < 4.78 is 0. The molecule has 1 aromatic rings. The van der Waals surface area contributed by atoms with Gasteiger partial charge >= 0.3 is 0 Å². The normalized spacial score (nSPS) is 15.3. The zero-order chi connectivity index (χ0) is 15.1. The van der Waals surface area contributed by atoms with E-state index >= 15 is 0 Å². The Labute approximate surface area is 131 Å². The lowest BCUT2D eigenvalue weighted by atomic mass is 9.87. The lowest BCUT2D eigenvalue weighted by Crippen LogP contribution is -2.28. The maximum absolute atomic E-state index is 12.3. The van der Waals surface area contributed by atoms with Gasteiger partial charge in [0.2, 0.25) is 5.91 Å². The third-order valence-corrected chi connectivity index (χ3v) is 4.89. The fourth-order valence-electron chi connectivity index (χ4n) is 2.79. The summed E-state index contributed by atoms with van der Waals surface area (Å²) in [5, 5.41) is 10.7. The smallest absolute Gasteiger partial charge is 0.222 e. The van der Waals surface area contributed by atoms with Crippen molar-refractivity contribution in [1.29, 1.82) is 0 Å². The van der Waals surface area contributed by atoms with E-state index in [2.05, 4.69) is 11.8 Å². The summed E-state index contributed by atoms with van der Waals surface area (Å²) in [4.78, 5) is 15.2. The van der Waals surface area contributed by atoms with Crippen LogP contribution in [0.3, 0.4) is 0 Å². The van der Waals surface area contributed by atoms with Crippen molar-refractivity contribution in [3.63, 3.8) is 0 Å². The zero-order valence-electron chi connectivity index (χ0n) is 12.6. The molecule has 3 nitrogen and oxygen atoms in total. The summed E-state index contributed by atoms with van der Waals surface area (Å²) in [7, 11) is 1.88. The second-order valence-corrected chi connectivity index (χ2v) is 6.72. The monoisotopic (exact) mass is 305 g/mol. The maximum atomic E-state index is 12.3. The Morgan fingerprint density at radius 2 is 2.19 bits per heavy atom. The average molecular weight is 305 g/mol. The summed E-state index contributed by atoms with van der Waals surface area (Å²) in [5.41, 5.74) is 0.914. The van der Waals surface area contributed by atoms with Gasteiger partial charge in [0.05, 0.1) is 6.54 Å². The van der Waals surface area contributed by atoms with Crippen molar-refractivity contribution < 1.29 is 9.90 Å². The zero-order valence-corrected chi connectivity index (χ0v) is 13.4. The Kier molecular flexibility index (Phi) is 6.28. The molecular formula is C17H23NO2S. The van der Waals surface area contributed by atoms with Gasteiger partial charge in [-0.15, -0.1) is 11.3 Å². The van der Waals surface area contributed by atoms with Crippen molar-refractivity contribution >= 4 is 17.2 Å². The van der Waals surface area contributed by atoms with Crippen LogP contribution in [-0.4, -0.2) is 29.6 Å². The first kappa shape index (κ1) is 16.1. The summed E-state index contributed by atoms with van der Waals surface area (Å²) in [6, 6.07) is 2.00. The molecule has 0 aliphatic heterocycles. The summed E-state index contributed by atoms with van der Waals surface area (Å²) in [6.07, 6.45) is 6.99. The molecule has 1 aliphatic rings. The molecule has 0 atom stereocenters. The number of aliphatic hydroxyl groups is 1. The lowest BCUT2D eigenvalue weighted by molar-refractivity contribution is -0.131. The van der Waals surface area contributed by atoms with Gasteiger partial charge in [0.15, 0.2) is 0 Å². The number of hydrogen-bond acceptors (Lipinski definition) is 3. The summed E-state index contributed by atoms with van der Waals surface area (Å²) in [6.45, 7) is 0.530. The number of carbonyl (C=O) groups is 1. The Hall–Kier alpha value is -1.31. The third-order valence-electron chi connectivity index (χ3n) is 3.97. The van der Waals surface area contributed by atoms with E-state index in [4.69, 9.17) is 5.11 Å². The van der Waals surface area contributed by atoms with Crippen molar-refractivity contribution in [3.05, 3.63) is 21.9 Å². The molecule has 1 N–H and O–H groups in total. The minimum Gasteiger partial charge on any atom is -0.384 e. The minimum absolute atomic E-state index is 0.120. The molecule has 21 heavy (non-hydrogen) atoms. The van der Waals surface area contributed by atoms with E-state index in [9.17, 15) is 4.79 Å². The van der Waals surface area contributed by atoms with Gasteiger partial charge in [-0.3, -0.25) is 4.79 Å². The van der Waals surface area contributed by atoms with E-state index in [1.54, 1.807) is 11.3 Å². The Bertz CT molecular complexity index is 520. The van der Waals surface area contributed by atoms with Crippen molar-refractivity contribution in [3.8, 4) is 11.8 Å². The van der Waals surface area contributed by atoms with Crippen LogP contribution in [0.25, 0.3) is 0 Å². The van der Waals surface area contributed by atoms with Gasteiger partial charge in [-0.05, 0) is 24.8 Å². The molecule has 1 saturated carbocycles. The van der Waals surface area contributed by atoms with Crippen LogP contribution in [0.15, 0.2) is 11.4 Å². The van der Waals surface area contributed by atoms with Crippen LogP contribution in [0.4, 0.5) is 0 Å². The Morgan fingerprint density at radius 3 is 2.90 bits per heavy atom. The predicted octanol–water partition coefficient (Wildman–Crippen LogP) is 3.02. The molecule has 0 unspecified atom stereocenters. The van der Waals surface area contributed by atoms with Crippen LogP contribution in [0.5, 0.6) is 0 Å². The van der Waals surface area contributed by atoms with Gasteiger partial charge < -0.3 is 10.0 Å². The van der Waals surface area contributed by atoms with Crippen LogP contribution < -0.4 is 0 Å². The lowest BCUT2D eigenvalue weighted by Gasteiger charge is -2.24. The molecule has 2 rings (SSSR count). The molecule has 1 aromatic heterocycles. The van der Waals surface area contributed by atoms with E-state index in [0.717, 1.165) is 10.4 Å². The van der Waals surface area contributed by atoms with E-state index < -0.39 is 0 Å². The number of aliphatic hydroxyl groups excluding tert-OH is 1. The van der Waals surface area contributed by atoms with Gasteiger partial charge in [0, 0.05) is 29.3 Å². The standard InChI is InChI=1S/C17H23NO2S/c1-18(17(20)11-14-6-3-2-4-7-14)12-16-10-15(13-21-16)8-5-9-19/h10,13-14,19H,2-4,6-7,9,11-12H2,1H3. The molecule has 114 valence electrons. The molecular weight excluding hydrogens is 282 g/mol. The molecule has 1 aliphatic carbocycles. The first-order valence-electron chi connectivity index (χ1n) is 7.60. The second kappa shape index (κ2) is 8.21. The highest BCUT2D eigenvalue weighted by molar-refractivity contribution is 7.10. The molecule has 0 spiro atoms. The highest BCUT2D eigenvalue weighted by atomic mass is 32.1. The number of carbonyl (C=O) groups excluding carboxylic acids is 1. The van der Waals surface area contributed by atoms with Gasteiger partial charge in [-0.25, -0.2) is 0 Å². The van der Waals surface area contributed by atoms with Crippen molar-refractivity contribution in [2.75, 3.05) is 13.7 Å².